The highest BCUT2D eigenvalue weighted by Crippen LogP contribution is 2.28. The molecule has 0 spiro atoms. The summed E-state index contributed by atoms with van der Waals surface area (Å²) in [6, 6.07) is 9.12. The monoisotopic (exact) mass is 392 g/mol. The Bertz CT molecular complexity index is 842. The largest absolute Gasteiger partial charge is 0.333 e. The molecule has 152 valence electrons. The summed E-state index contributed by atoms with van der Waals surface area (Å²) in [6.07, 6.45) is -0.00233. The van der Waals surface area contributed by atoms with Crippen LogP contribution >= 0.6 is 0 Å². The van der Waals surface area contributed by atoms with Crippen molar-refractivity contribution in [2.75, 3.05) is 13.6 Å². The lowest BCUT2D eigenvalue weighted by molar-refractivity contribution is -0.130. The molecule has 8 heteroatoms. The molecule has 5 N–H and O–H groups in total. The summed E-state index contributed by atoms with van der Waals surface area (Å²) in [5.74, 6) is -2.59. The Morgan fingerprint density at radius 3 is 2.57 bits per heavy atom. The number of rotatable bonds is 3. The van der Waals surface area contributed by atoms with E-state index < -0.39 is 11.8 Å². The Hall–Kier alpha value is -2.71. The standard InChI is InChI=1S/C18H19F2N3O.CH5N.CH2O/c1-11(21)16-9-18(20,22)10-23(16)17(24)8-13-4-2-3-12-7-14(19)5-6-15(12)13;2*1-2/h2-7,16,21H,8-10,22H2,1H3;2H2,1H3;1H2. The van der Waals surface area contributed by atoms with Crippen molar-refractivity contribution in [1.82, 2.24) is 4.90 Å². The Morgan fingerprint density at radius 1 is 1.32 bits per heavy atom. The number of likely N-dealkylation sites (tertiary alicyclic amines) is 1. The first kappa shape index (κ1) is 23.3. The highest BCUT2D eigenvalue weighted by atomic mass is 19.1. The summed E-state index contributed by atoms with van der Waals surface area (Å²) in [5.41, 5.74) is 11.0. The molecule has 28 heavy (non-hydrogen) atoms. The molecule has 1 aliphatic heterocycles. The maximum absolute atomic E-state index is 14.1. The molecule has 6 nitrogen and oxygen atoms in total. The highest BCUT2D eigenvalue weighted by molar-refractivity contribution is 5.93. The first-order valence-corrected chi connectivity index (χ1v) is 8.63. The van der Waals surface area contributed by atoms with Gasteiger partial charge < -0.3 is 20.8 Å². The van der Waals surface area contributed by atoms with E-state index >= 15 is 0 Å². The normalized spacial score (nSPS) is 20.6. The molecule has 2 aromatic carbocycles. The number of alkyl halides is 1. The van der Waals surface area contributed by atoms with E-state index in [1.807, 2.05) is 6.79 Å². The maximum Gasteiger partial charge on any atom is 0.227 e. The van der Waals surface area contributed by atoms with Gasteiger partial charge in [-0.05, 0) is 42.4 Å². The topological polar surface area (TPSA) is 113 Å². The van der Waals surface area contributed by atoms with E-state index in [1.165, 1.54) is 24.1 Å². The number of fused-ring (bicyclic) bond motifs is 1. The molecule has 0 saturated carbocycles. The molecule has 0 aliphatic carbocycles. The van der Waals surface area contributed by atoms with Crippen molar-refractivity contribution in [2.45, 2.75) is 31.6 Å². The van der Waals surface area contributed by atoms with Crippen molar-refractivity contribution < 1.29 is 18.4 Å². The molecule has 0 radical (unpaired) electrons. The van der Waals surface area contributed by atoms with E-state index in [4.69, 9.17) is 15.9 Å². The van der Waals surface area contributed by atoms with Gasteiger partial charge in [0.15, 0.2) is 5.79 Å². The number of hydrogen-bond acceptors (Lipinski definition) is 5. The van der Waals surface area contributed by atoms with E-state index in [2.05, 4.69) is 5.73 Å². The lowest BCUT2D eigenvalue weighted by atomic mass is 10.0. The number of carbonyl (C=O) groups excluding carboxylic acids is 2. The summed E-state index contributed by atoms with van der Waals surface area (Å²) in [5, 5.41) is 9.26. The Morgan fingerprint density at radius 2 is 1.96 bits per heavy atom. The van der Waals surface area contributed by atoms with Crippen LogP contribution in [0.1, 0.15) is 18.9 Å². The van der Waals surface area contributed by atoms with E-state index in [1.54, 1.807) is 31.2 Å². The number of halogens is 2. The fourth-order valence-electron chi connectivity index (χ4n) is 3.28. The van der Waals surface area contributed by atoms with Crippen molar-refractivity contribution in [1.29, 1.82) is 5.41 Å². The quantitative estimate of drug-likeness (QED) is 0.549. The zero-order valence-electron chi connectivity index (χ0n) is 16.0. The molecule has 1 fully saturated rings. The van der Waals surface area contributed by atoms with Gasteiger partial charge in [0.2, 0.25) is 5.91 Å². The molecule has 0 bridgehead atoms. The summed E-state index contributed by atoms with van der Waals surface area (Å²) in [6.45, 7) is 3.33. The second kappa shape index (κ2) is 10.0. The molecule has 0 aromatic heterocycles. The SMILES string of the molecule is C=O.CC(=N)C1CC(N)(F)CN1C(=O)Cc1cccc2cc(F)ccc12.CN. The molecule has 1 heterocycles. The summed E-state index contributed by atoms with van der Waals surface area (Å²) in [7, 11) is 1.50. The first-order valence-electron chi connectivity index (χ1n) is 8.63. The third kappa shape index (κ3) is 5.40. The van der Waals surface area contributed by atoms with Crippen molar-refractivity contribution in [2.24, 2.45) is 11.5 Å². The van der Waals surface area contributed by atoms with Gasteiger partial charge in [-0.1, -0.05) is 24.3 Å². The molecule has 3 rings (SSSR count). The lowest BCUT2D eigenvalue weighted by Gasteiger charge is -2.24. The third-order valence-corrected chi connectivity index (χ3v) is 4.44. The molecular formula is C20H26F2N4O2. The second-order valence-corrected chi connectivity index (χ2v) is 6.42. The minimum Gasteiger partial charge on any atom is -0.333 e. The van der Waals surface area contributed by atoms with E-state index in [0.29, 0.717) is 5.39 Å². The Labute approximate surface area is 163 Å². The van der Waals surface area contributed by atoms with Gasteiger partial charge in [0.1, 0.15) is 12.6 Å². The smallest absolute Gasteiger partial charge is 0.227 e. The molecule has 2 atom stereocenters. The van der Waals surface area contributed by atoms with Crippen LogP contribution in [-0.2, 0) is 16.0 Å². The van der Waals surface area contributed by atoms with Gasteiger partial charge in [-0.25, -0.2) is 8.78 Å². The minimum atomic E-state index is -1.97. The second-order valence-electron chi connectivity index (χ2n) is 6.42. The first-order chi connectivity index (χ1) is 13.3. The van der Waals surface area contributed by atoms with Crippen molar-refractivity contribution >= 4 is 29.2 Å². The van der Waals surface area contributed by atoms with Gasteiger partial charge in [-0.2, -0.15) is 0 Å². The van der Waals surface area contributed by atoms with Gasteiger partial charge in [0, 0.05) is 12.1 Å². The van der Waals surface area contributed by atoms with Gasteiger partial charge in [-0.15, -0.1) is 0 Å². The molecule has 1 aliphatic rings. The fraction of sp³-hybridized carbons (Fsp3) is 0.350. The van der Waals surface area contributed by atoms with Crippen LogP contribution < -0.4 is 11.5 Å². The van der Waals surface area contributed by atoms with Crippen LogP contribution in [0.15, 0.2) is 36.4 Å². The number of nitrogens with two attached hydrogens (primary N) is 2. The zero-order valence-corrected chi connectivity index (χ0v) is 16.0. The summed E-state index contributed by atoms with van der Waals surface area (Å²) in [4.78, 5) is 22.0. The van der Waals surface area contributed by atoms with Crippen LogP contribution in [0, 0.1) is 11.2 Å². The van der Waals surface area contributed by atoms with Crippen molar-refractivity contribution in [3.05, 3.63) is 47.8 Å². The molecule has 1 amide bonds. The van der Waals surface area contributed by atoms with Gasteiger partial charge in [0.05, 0.1) is 19.0 Å². The maximum atomic E-state index is 14.1. The van der Waals surface area contributed by atoms with Crippen LogP contribution in [0.2, 0.25) is 0 Å². The predicted molar refractivity (Wildman–Crippen MR) is 106 cm³/mol. The summed E-state index contributed by atoms with van der Waals surface area (Å²) < 4.78 is 27.5. The Kier molecular flexibility index (Phi) is 8.34. The Balaban J connectivity index is 0.000000921. The number of amides is 1. The molecular weight excluding hydrogens is 366 g/mol. The zero-order chi connectivity index (χ0) is 21.5. The lowest BCUT2D eigenvalue weighted by Crippen LogP contribution is -2.42. The predicted octanol–water partition coefficient (Wildman–Crippen LogP) is 2.18. The highest BCUT2D eigenvalue weighted by Gasteiger charge is 2.44. The number of carbonyl (C=O) groups is 2. The minimum absolute atomic E-state index is 0.0584. The van der Waals surface area contributed by atoms with E-state index in [9.17, 15) is 13.6 Å². The van der Waals surface area contributed by atoms with Crippen LogP contribution in [0.5, 0.6) is 0 Å². The van der Waals surface area contributed by atoms with Crippen LogP contribution in [0.25, 0.3) is 10.8 Å². The average Bonchev–Trinajstić information content (AvgIpc) is 3.01. The number of hydrogen-bond donors (Lipinski definition) is 3. The van der Waals surface area contributed by atoms with Crippen molar-refractivity contribution in [3.63, 3.8) is 0 Å². The molecule has 1 saturated heterocycles. The number of nitrogens with one attached hydrogen (secondary N) is 1. The van der Waals surface area contributed by atoms with Crippen LogP contribution in [0.4, 0.5) is 8.78 Å². The van der Waals surface area contributed by atoms with Crippen LogP contribution in [0.3, 0.4) is 0 Å². The van der Waals surface area contributed by atoms with E-state index in [-0.39, 0.29) is 36.8 Å². The van der Waals surface area contributed by atoms with Gasteiger partial charge in [-0.3, -0.25) is 10.5 Å². The number of nitrogens with zero attached hydrogens (tertiary/aromatic N) is 1. The van der Waals surface area contributed by atoms with E-state index in [0.717, 1.165) is 10.9 Å². The summed E-state index contributed by atoms with van der Waals surface area (Å²) >= 11 is 0. The van der Waals surface area contributed by atoms with Crippen molar-refractivity contribution in [3.8, 4) is 0 Å². The third-order valence-electron chi connectivity index (χ3n) is 4.44. The van der Waals surface area contributed by atoms with Crippen LogP contribution in [-0.4, -0.2) is 48.7 Å². The average molecular weight is 392 g/mol. The molecule has 2 unspecified atom stereocenters. The fourth-order valence-corrected chi connectivity index (χ4v) is 3.28. The molecule has 2 aromatic rings. The van der Waals surface area contributed by atoms with Gasteiger partial charge >= 0.3 is 0 Å². The number of benzene rings is 2. The van der Waals surface area contributed by atoms with Gasteiger partial charge in [0.25, 0.3) is 0 Å².